The summed E-state index contributed by atoms with van der Waals surface area (Å²) < 4.78 is 26.5. The summed E-state index contributed by atoms with van der Waals surface area (Å²) in [4.78, 5) is 0. The van der Waals surface area contributed by atoms with Gasteiger partial charge < -0.3 is 0 Å². The number of hydrogen-bond acceptors (Lipinski definition) is 0. The van der Waals surface area contributed by atoms with Crippen LogP contribution in [0.4, 0.5) is 8.78 Å². The Morgan fingerprint density at radius 3 is 2.12 bits per heavy atom. The van der Waals surface area contributed by atoms with E-state index in [1.165, 1.54) is 18.2 Å². The monoisotopic (exact) mass is 232 g/mol. The smallest absolute Gasteiger partial charge is 0.131 e. The maximum atomic E-state index is 13.7. The van der Waals surface area contributed by atoms with Crippen molar-refractivity contribution in [3.05, 3.63) is 59.7 Å². The van der Waals surface area contributed by atoms with E-state index in [-0.39, 0.29) is 11.6 Å². The summed E-state index contributed by atoms with van der Waals surface area (Å²) in [5.41, 5.74) is 2.30. The van der Waals surface area contributed by atoms with Crippen molar-refractivity contribution in [1.82, 2.24) is 0 Å². The van der Waals surface area contributed by atoms with Gasteiger partial charge in [-0.15, -0.1) is 0 Å². The van der Waals surface area contributed by atoms with Crippen LogP contribution in [-0.2, 0) is 0 Å². The average Bonchev–Trinajstić information content (AvgIpc) is 2.31. The molecule has 17 heavy (non-hydrogen) atoms. The van der Waals surface area contributed by atoms with Gasteiger partial charge >= 0.3 is 0 Å². The highest BCUT2D eigenvalue weighted by atomic mass is 19.1. The molecule has 0 aliphatic heterocycles. The van der Waals surface area contributed by atoms with Gasteiger partial charge in [-0.1, -0.05) is 32.0 Å². The summed E-state index contributed by atoms with van der Waals surface area (Å²) in [5, 5.41) is 0. The second kappa shape index (κ2) is 4.66. The minimum Gasteiger partial charge on any atom is -0.207 e. The lowest BCUT2D eigenvalue weighted by molar-refractivity contribution is 0.625. The maximum absolute atomic E-state index is 13.7. The molecule has 88 valence electrons. The van der Waals surface area contributed by atoms with Crippen LogP contribution in [0.5, 0.6) is 0 Å². The van der Waals surface area contributed by atoms with Crippen LogP contribution in [-0.4, -0.2) is 0 Å². The molecule has 0 N–H and O–H groups in total. The van der Waals surface area contributed by atoms with Gasteiger partial charge in [-0.05, 0) is 41.3 Å². The first kappa shape index (κ1) is 11.8. The molecule has 0 amide bonds. The molecule has 0 fully saturated rings. The number of benzene rings is 2. The lowest BCUT2D eigenvalue weighted by Crippen LogP contribution is -1.91. The van der Waals surface area contributed by atoms with Gasteiger partial charge in [0.15, 0.2) is 0 Å². The van der Waals surface area contributed by atoms with Crippen LogP contribution in [0.1, 0.15) is 25.3 Å². The lowest BCUT2D eigenvalue weighted by atomic mass is 9.97. The Hall–Kier alpha value is -1.70. The van der Waals surface area contributed by atoms with E-state index in [0.717, 1.165) is 5.56 Å². The topological polar surface area (TPSA) is 0 Å². The Labute approximate surface area is 99.9 Å². The quantitative estimate of drug-likeness (QED) is 0.700. The molecular formula is C15H14F2. The van der Waals surface area contributed by atoms with E-state index in [9.17, 15) is 8.78 Å². The second-order valence-corrected chi connectivity index (χ2v) is 4.40. The highest BCUT2D eigenvalue weighted by molar-refractivity contribution is 5.65. The van der Waals surface area contributed by atoms with Crippen LogP contribution in [0.25, 0.3) is 11.1 Å². The molecule has 0 nitrogen and oxygen atoms in total. The van der Waals surface area contributed by atoms with Gasteiger partial charge in [-0.25, -0.2) is 8.78 Å². The fourth-order valence-electron chi connectivity index (χ4n) is 1.75. The van der Waals surface area contributed by atoms with Crippen molar-refractivity contribution in [2.24, 2.45) is 0 Å². The van der Waals surface area contributed by atoms with Gasteiger partial charge in [0.05, 0.1) is 0 Å². The normalized spacial score (nSPS) is 10.9. The summed E-state index contributed by atoms with van der Waals surface area (Å²) in [7, 11) is 0. The van der Waals surface area contributed by atoms with Crippen molar-refractivity contribution in [1.29, 1.82) is 0 Å². The number of rotatable bonds is 2. The molecule has 0 aromatic heterocycles. The number of halogens is 2. The highest BCUT2D eigenvalue weighted by Crippen LogP contribution is 2.27. The zero-order chi connectivity index (χ0) is 12.4. The van der Waals surface area contributed by atoms with Crippen molar-refractivity contribution >= 4 is 0 Å². The first-order valence-corrected chi connectivity index (χ1v) is 5.63. The SMILES string of the molecule is CC(C)c1ccc(F)c(-c2ccc(F)cc2)c1. The first-order chi connectivity index (χ1) is 8.08. The summed E-state index contributed by atoms with van der Waals surface area (Å²) in [6.45, 7) is 4.11. The Morgan fingerprint density at radius 1 is 0.882 bits per heavy atom. The predicted molar refractivity (Wildman–Crippen MR) is 65.9 cm³/mol. The molecule has 2 rings (SSSR count). The van der Waals surface area contributed by atoms with Gasteiger partial charge in [-0.3, -0.25) is 0 Å². The van der Waals surface area contributed by atoms with Crippen LogP contribution >= 0.6 is 0 Å². The van der Waals surface area contributed by atoms with Gasteiger partial charge in [0.2, 0.25) is 0 Å². The van der Waals surface area contributed by atoms with Crippen molar-refractivity contribution in [3.63, 3.8) is 0 Å². The molecule has 0 aliphatic carbocycles. The van der Waals surface area contributed by atoms with Crippen LogP contribution in [0.15, 0.2) is 42.5 Å². The van der Waals surface area contributed by atoms with E-state index in [1.54, 1.807) is 18.2 Å². The molecule has 0 bridgehead atoms. The first-order valence-electron chi connectivity index (χ1n) is 5.63. The molecule has 2 aromatic rings. The van der Waals surface area contributed by atoms with Gasteiger partial charge in [0.1, 0.15) is 11.6 Å². The fraction of sp³-hybridized carbons (Fsp3) is 0.200. The Balaban J connectivity index is 2.50. The third kappa shape index (κ3) is 2.52. The molecule has 0 spiro atoms. The predicted octanol–water partition coefficient (Wildman–Crippen LogP) is 4.76. The molecule has 0 saturated carbocycles. The van der Waals surface area contributed by atoms with E-state index in [2.05, 4.69) is 13.8 Å². The maximum Gasteiger partial charge on any atom is 0.131 e. The van der Waals surface area contributed by atoms with Crippen molar-refractivity contribution in [2.75, 3.05) is 0 Å². The van der Waals surface area contributed by atoms with E-state index < -0.39 is 0 Å². The molecule has 0 radical (unpaired) electrons. The van der Waals surface area contributed by atoms with Crippen LogP contribution < -0.4 is 0 Å². The third-order valence-corrected chi connectivity index (χ3v) is 2.81. The molecule has 0 heterocycles. The largest absolute Gasteiger partial charge is 0.207 e. The minimum atomic E-state index is -0.311. The molecule has 2 aromatic carbocycles. The highest BCUT2D eigenvalue weighted by Gasteiger charge is 2.08. The minimum absolute atomic E-state index is 0.277. The van der Waals surface area contributed by atoms with Gasteiger partial charge in [0.25, 0.3) is 0 Å². The Kier molecular flexibility index (Phi) is 3.23. The van der Waals surface area contributed by atoms with E-state index in [4.69, 9.17) is 0 Å². The average molecular weight is 232 g/mol. The summed E-state index contributed by atoms with van der Waals surface area (Å²) >= 11 is 0. The van der Waals surface area contributed by atoms with E-state index >= 15 is 0 Å². The summed E-state index contributed by atoms with van der Waals surface area (Å²) in [6, 6.07) is 11.0. The molecule has 2 heteroatoms. The second-order valence-electron chi connectivity index (χ2n) is 4.40. The van der Waals surface area contributed by atoms with Gasteiger partial charge in [-0.2, -0.15) is 0 Å². The van der Waals surface area contributed by atoms with Crippen LogP contribution in [0.2, 0.25) is 0 Å². The van der Waals surface area contributed by atoms with E-state index in [0.29, 0.717) is 17.0 Å². The lowest BCUT2D eigenvalue weighted by Gasteiger charge is -2.09. The third-order valence-electron chi connectivity index (χ3n) is 2.81. The fourth-order valence-corrected chi connectivity index (χ4v) is 1.75. The molecule has 0 atom stereocenters. The standard InChI is InChI=1S/C15H14F2/c1-10(2)12-5-8-15(17)14(9-12)11-3-6-13(16)7-4-11/h3-10H,1-2H3. The molecule has 0 aliphatic rings. The summed E-state index contributed by atoms with van der Waals surface area (Å²) in [6.07, 6.45) is 0. The van der Waals surface area contributed by atoms with Crippen LogP contribution in [0, 0.1) is 11.6 Å². The molecule has 0 unspecified atom stereocenters. The van der Waals surface area contributed by atoms with Crippen molar-refractivity contribution in [2.45, 2.75) is 19.8 Å². The van der Waals surface area contributed by atoms with Crippen LogP contribution in [0.3, 0.4) is 0 Å². The summed E-state index contributed by atoms with van der Waals surface area (Å²) in [5.74, 6) is -0.245. The molecular weight excluding hydrogens is 218 g/mol. The van der Waals surface area contributed by atoms with Crippen molar-refractivity contribution in [3.8, 4) is 11.1 Å². The Bertz CT molecular complexity index is 513. The number of hydrogen-bond donors (Lipinski definition) is 0. The van der Waals surface area contributed by atoms with Gasteiger partial charge in [0, 0.05) is 5.56 Å². The van der Waals surface area contributed by atoms with E-state index in [1.807, 2.05) is 6.07 Å². The van der Waals surface area contributed by atoms with Crippen molar-refractivity contribution < 1.29 is 8.78 Å². The molecule has 0 saturated heterocycles. The zero-order valence-electron chi connectivity index (χ0n) is 9.87. The zero-order valence-corrected chi connectivity index (χ0v) is 9.87. The Morgan fingerprint density at radius 2 is 1.53 bits per heavy atom.